The normalized spacial score (nSPS) is 18.6. The van der Waals surface area contributed by atoms with Crippen LogP contribution in [0.3, 0.4) is 0 Å². The topological polar surface area (TPSA) is 38.7 Å². The lowest BCUT2D eigenvalue weighted by Crippen LogP contribution is -2.12. The van der Waals surface area contributed by atoms with Gasteiger partial charge in [-0.3, -0.25) is 4.79 Å². The van der Waals surface area contributed by atoms with Crippen molar-refractivity contribution in [2.45, 2.75) is 25.1 Å². The molecule has 1 aliphatic rings. The number of rotatable bonds is 4. The van der Waals surface area contributed by atoms with Gasteiger partial charge < -0.3 is 4.74 Å². The van der Waals surface area contributed by atoms with Crippen molar-refractivity contribution in [1.82, 2.24) is 0 Å². The predicted octanol–water partition coefficient (Wildman–Crippen LogP) is 2.68. The molecule has 0 bridgehead atoms. The maximum absolute atomic E-state index is 13.6. The maximum atomic E-state index is 13.6. The van der Waals surface area contributed by atoms with Crippen molar-refractivity contribution in [1.29, 1.82) is 0 Å². The Labute approximate surface area is 112 Å². The Balaban J connectivity index is 2.16. The molecule has 20 heavy (non-hydrogen) atoms. The molecule has 0 spiro atoms. The third kappa shape index (κ3) is 3.15. The van der Waals surface area contributed by atoms with Gasteiger partial charge in [-0.25, -0.2) is 9.38 Å². The largest absolute Gasteiger partial charge is 0.478 e. The molecule has 107 valence electrons. The molecule has 1 heterocycles. The number of carbonyl (C=O) groups excluding carboxylic acids is 1. The van der Waals surface area contributed by atoms with Crippen molar-refractivity contribution < 1.29 is 27.1 Å². The lowest BCUT2D eigenvalue weighted by Gasteiger charge is -2.13. The molecule has 1 aromatic carbocycles. The number of hydrogen-bond acceptors (Lipinski definition) is 3. The zero-order valence-corrected chi connectivity index (χ0v) is 10.2. The standard InChI is InChI=1S/C13H10F4NO2/c14-11-3-1-2-10(13(15,16)17)9(11)4-5-12-18-8(6-19)7-20-12/h1-3,8H,4-5,7H2. The first-order valence-electron chi connectivity index (χ1n) is 5.83. The van der Waals surface area contributed by atoms with Crippen LogP contribution in [0.2, 0.25) is 0 Å². The van der Waals surface area contributed by atoms with Gasteiger partial charge in [0.1, 0.15) is 12.4 Å². The Morgan fingerprint density at radius 3 is 2.70 bits per heavy atom. The number of benzene rings is 1. The lowest BCUT2D eigenvalue weighted by molar-refractivity contribution is -0.138. The van der Waals surface area contributed by atoms with Crippen LogP contribution in [-0.2, 0) is 22.1 Å². The van der Waals surface area contributed by atoms with E-state index < -0.39 is 29.2 Å². The summed E-state index contributed by atoms with van der Waals surface area (Å²) >= 11 is 0. The van der Waals surface area contributed by atoms with Gasteiger partial charge in [-0.15, -0.1) is 0 Å². The van der Waals surface area contributed by atoms with Crippen molar-refractivity contribution in [2.75, 3.05) is 6.61 Å². The molecule has 1 unspecified atom stereocenters. The predicted molar refractivity (Wildman–Crippen MR) is 62.6 cm³/mol. The summed E-state index contributed by atoms with van der Waals surface area (Å²) in [4.78, 5) is 14.2. The molecule has 0 aliphatic carbocycles. The molecule has 1 radical (unpaired) electrons. The van der Waals surface area contributed by atoms with Crippen LogP contribution in [-0.4, -0.2) is 24.8 Å². The molecule has 7 heteroatoms. The van der Waals surface area contributed by atoms with E-state index in [1.165, 1.54) is 0 Å². The molecule has 0 N–H and O–H groups in total. The summed E-state index contributed by atoms with van der Waals surface area (Å²) < 4.78 is 56.9. The average Bonchev–Trinajstić information content (AvgIpc) is 2.84. The second kappa shape index (κ2) is 5.60. The Hall–Kier alpha value is -1.92. The first kappa shape index (κ1) is 14.5. The average molecular weight is 288 g/mol. The Kier molecular flexibility index (Phi) is 4.06. The molecule has 1 aromatic rings. The molecule has 0 aromatic heterocycles. The third-order valence-electron chi connectivity index (χ3n) is 2.86. The van der Waals surface area contributed by atoms with Gasteiger partial charge in [-0.05, 0) is 18.6 Å². The molecule has 0 fully saturated rings. The summed E-state index contributed by atoms with van der Waals surface area (Å²) in [6.45, 7) is 0.0300. The quantitative estimate of drug-likeness (QED) is 0.799. The Morgan fingerprint density at radius 2 is 2.10 bits per heavy atom. The fraction of sp³-hybridized carbons (Fsp3) is 0.385. The van der Waals surface area contributed by atoms with E-state index in [4.69, 9.17) is 4.74 Å². The minimum absolute atomic E-state index is 0.00218. The van der Waals surface area contributed by atoms with Gasteiger partial charge in [0.05, 0.1) is 5.56 Å². The van der Waals surface area contributed by atoms with Crippen molar-refractivity contribution in [3.8, 4) is 0 Å². The highest BCUT2D eigenvalue weighted by molar-refractivity contribution is 5.81. The highest BCUT2D eigenvalue weighted by Crippen LogP contribution is 2.33. The van der Waals surface area contributed by atoms with Crippen LogP contribution in [0.1, 0.15) is 17.5 Å². The molecule has 3 nitrogen and oxygen atoms in total. The fourth-order valence-corrected chi connectivity index (χ4v) is 1.93. The number of aliphatic imine (C=N–C) groups is 1. The first-order valence-corrected chi connectivity index (χ1v) is 5.83. The Morgan fingerprint density at radius 1 is 1.35 bits per heavy atom. The van der Waals surface area contributed by atoms with E-state index in [0.29, 0.717) is 0 Å². The van der Waals surface area contributed by atoms with Gasteiger partial charge in [0.2, 0.25) is 6.29 Å². The van der Waals surface area contributed by atoms with Gasteiger partial charge in [-0.2, -0.15) is 13.2 Å². The summed E-state index contributed by atoms with van der Waals surface area (Å²) in [7, 11) is 0. The van der Waals surface area contributed by atoms with E-state index in [9.17, 15) is 22.4 Å². The van der Waals surface area contributed by atoms with Crippen LogP contribution >= 0.6 is 0 Å². The van der Waals surface area contributed by atoms with Crippen molar-refractivity contribution in [3.05, 3.63) is 35.1 Å². The number of ether oxygens (including phenoxy) is 1. The molecule has 0 saturated carbocycles. The highest BCUT2D eigenvalue weighted by Gasteiger charge is 2.34. The summed E-state index contributed by atoms with van der Waals surface area (Å²) in [5, 5.41) is 0. The van der Waals surface area contributed by atoms with Crippen molar-refractivity contribution >= 4 is 12.2 Å². The Bertz CT molecular complexity index is 540. The van der Waals surface area contributed by atoms with E-state index in [-0.39, 0.29) is 25.3 Å². The van der Waals surface area contributed by atoms with Crippen LogP contribution in [0, 0.1) is 5.82 Å². The van der Waals surface area contributed by atoms with E-state index in [2.05, 4.69) is 4.99 Å². The van der Waals surface area contributed by atoms with Gasteiger partial charge >= 0.3 is 6.18 Å². The number of hydrogen-bond donors (Lipinski definition) is 0. The van der Waals surface area contributed by atoms with E-state index in [1.807, 2.05) is 0 Å². The van der Waals surface area contributed by atoms with Crippen LogP contribution in [0.15, 0.2) is 23.2 Å². The van der Waals surface area contributed by atoms with Gasteiger partial charge in [0.25, 0.3) is 0 Å². The number of alkyl halides is 3. The van der Waals surface area contributed by atoms with Gasteiger partial charge in [0, 0.05) is 12.0 Å². The summed E-state index contributed by atoms with van der Waals surface area (Å²) in [5.41, 5.74) is -1.43. The molecule has 0 saturated heterocycles. The SMILES string of the molecule is O=[C]C1COC(CCc2c(F)cccc2C(F)(F)F)=N1. The maximum Gasteiger partial charge on any atom is 0.416 e. The molecular formula is C13H10F4NO2. The molecular weight excluding hydrogens is 278 g/mol. The van der Waals surface area contributed by atoms with Crippen LogP contribution in [0.4, 0.5) is 17.6 Å². The highest BCUT2D eigenvalue weighted by atomic mass is 19.4. The lowest BCUT2D eigenvalue weighted by atomic mass is 10.0. The number of nitrogens with zero attached hydrogens (tertiary/aromatic N) is 1. The minimum Gasteiger partial charge on any atom is -0.478 e. The molecule has 1 atom stereocenters. The minimum atomic E-state index is -4.62. The van der Waals surface area contributed by atoms with Crippen LogP contribution in [0.5, 0.6) is 0 Å². The third-order valence-corrected chi connectivity index (χ3v) is 2.86. The van der Waals surface area contributed by atoms with Crippen molar-refractivity contribution in [3.63, 3.8) is 0 Å². The first-order chi connectivity index (χ1) is 9.41. The van der Waals surface area contributed by atoms with E-state index in [1.54, 1.807) is 6.29 Å². The van der Waals surface area contributed by atoms with Crippen molar-refractivity contribution in [2.24, 2.45) is 4.99 Å². The second-order valence-electron chi connectivity index (χ2n) is 4.23. The second-order valence-corrected chi connectivity index (χ2v) is 4.23. The molecule has 2 rings (SSSR count). The zero-order valence-electron chi connectivity index (χ0n) is 10.2. The van der Waals surface area contributed by atoms with Crippen LogP contribution in [0.25, 0.3) is 0 Å². The summed E-state index contributed by atoms with van der Waals surface area (Å²) in [6, 6.07) is 2.08. The fourth-order valence-electron chi connectivity index (χ4n) is 1.93. The molecule has 0 amide bonds. The monoisotopic (exact) mass is 288 g/mol. The van der Waals surface area contributed by atoms with Crippen LogP contribution < -0.4 is 0 Å². The molecule has 1 aliphatic heterocycles. The van der Waals surface area contributed by atoms with Gasteiger partial charge in [-0.1, -0.05) is 6.07 Å². The number of halogens is 4. The van der Waals surface area contributed by atoms with E-state index >= 15 is 0 Å². The van der Waals surface area contributed by atoms with E-state index in [0.717, 1.165) is 18.2 Å². The zero-order chi connectivity index (χ0) is 14.8. The van der Waals surface area contributed by atoms with Gasteiger partial charge in [0.15, 0.2) is 11.9 Å². The summed E-state index contributed by atoms with van der Waals surface area (Å²) in [5.74, 6) is -0.772. The summed E-state index contributed by atoms with van der Waals surface area (Å²) in [6.07, 6.45) is -3.19. The smallest absolute Gasteiger partial charge is 0.416 e.